The van der Waals surface area contributed by atoms with E-state index in [2.05, 4.69) is 0 Å². The van der Waals surface area contributed by atoms with Gasteiger partial charge in [-0.3, -0.25) is 14.5 Å². The summed E-state index contributed by atoms with van der Waals surface area (Å²) in [5.74, 6) is -0.663. The van der Waals surface area contributed by atoms with Gasteiger partial charge in [-0.2, -0.15) is 0 Å². The highest BCUT2D eigenvalue weighted by molar-refractivity contribution is 6.51. The van der Waals surface area contributed by atoms with Crippen molar-refractivity contribution in [2.45, 2.75) is 26.3 Å². The van der Waals surface area contributed by atoms with Crippen molar-refractivity contribution < 1.29 is 23.8 Å². The lowest BCUT2D eigenvalue weighted by molar-refractivity contribution is -0.132. The number of anilines is 1. The van der Waals surface area contributed by atoms with Gasteiger partial charge >= 0.3 is 0 Å². The summed E-state index contributed by atoms with van der Waals surface area (Å²) in [4.78, 5) is 27.5. The van der Waals surface area contributed by atoms with Gasteiger partial charge in [0.1, 0.15) is 23.3 Å². The molecule has 1 amide bonds. The maximum Gasteiger partial charge on any atom is 0.300 e. The van der Waals surface area contributed by atoms with Gasteiger partial charge in [-0.15, -0.1) is 0 Å². The van der Waals surface area contributed by atoms with Crippen LogP contribution in [0.1, 0.15) is 35.4 Å². The van der Waals surface area contributed by atoms with Crippen LogP contribution in [0.25, 0.3) is 5.76 Å². The fourth-order valence-electron chi connectivity index (χ4n) is 3.89. The monoisotopic (exact) mass is 417 g/mol. The standard InChI is InChI=1S/C25H23NO5/c1-4-16-7-10-18(11-8-16)26-22(20-6-5-13-31-20)21(24(28)25(26)29)23(27)17-9-12-19(30-3)15(2)14-17/h5-14,22,27H,4H2,1-3H3/b23-21-. The Bertz CT molecular complexity index is 1160. The molecule has 1 saturated heterocycles. The van der Waals surface area contributed by atoms with Crippen LogP contribution in [0.3, 0.4) is 0 Å². The molecule has 31 heavy (non-hydrogen) atoms. The lowest BCUT2D eigenvalue weighted by atomic mass is 9.98. The lowest BCUT2D eigenvalue weighted by Crippen LogP contribution is -2.29. The first-order valence-corrected chi connectivity index (χ1v) is 10.0. The number of aliphatic hydroxyl groups is 1. The number of hydrogen-bond acceptors (Lipinski definition) is 5. The zero-order valence-corrected chi connectivity index (χ0v) is 17.6. The molecule has 1 atom stereocenters. The molecule has 1 N–H and O–H groups in total. The Hall–Kier alpha value is -3.80. The summed E-state index contributed by atoms with van der Waals surface area (Å²) < 4.78 is 10.9. The quantitative estimate of drug-likeness (QED) is 0.367. The number of Topliss-reactive ketones (excluding diaryl/α,β-unsaturated/α-hetero) is 1. The minimum atomic E-state index is -0.870. The van der Waals surface area contributed by atoms with Crippen molar-refractivity contribution in [3.63, 3.8) is 0 Å². The molecule has 158 valence electrons. The fourth-order valence-corrected chi connectivity index (χ4v) is 3.89. The van der Waals surface area contributed by atoms with Crippen LogP contribution in [-0.2, 0) is 16.0 Å². The molecule has 6 heteroatoms. The second-order valence-electron chi connectivity index (χ2n) is 7.39. The molecule has 2 heterocycles. The highest BCUT2D eigenvalue weighted by Crippen LogP contribution is 2.42. The van der Waals surface area contributed by atoms with Crippen molar-refractivity contribution in [1.29, 1.82) is 0 Å². The molecule has 1 aromatic heterocycles. The summed E-state index contributed by atoms with van der Waals surface area (Å²) >= 11 is 0. The van der Waals surface area contributed by atoms with E-state index in [9.17, 15) is 14.7 Å². The van der Waals surface area contributed by atoms with Gasteiger partial charge in [0.15, 0.2) is 0 Å². The van der Waals surface area contributed by atoms with Gasteiger partial charge in [-0.05, 0) is 66.9 Å². The van der Waals surface area contributed by atoms with Crippen molar-refractivity contribution in [2.75, 3.05) is 12.0 Å². The molecule has 1 aliphatic rings. The van der Waals surface area contributed by atoms with E-state index in [1.54, 1.807) is 49.6 Å². The Kier molecular flexibility index (Phi) is 5.38. The molecular formula is C25H23NO5. The number of carbonyl (C=O) groups is 2. The molecule has 0 aliphatic carbocycles. The summed E-state index contributed by atoms with van der Waals surface area (Å²) in [5, 5.41) is 11.1. The van der Waals surface area contributed by atoms with E-state index in [0.717, 1.165) is 17.5 Å². The zero-order valence-electron chi connectivity index (χ0n) is 17.6. The fraction of sp³-hybridized carbons (Fsp3) is 0.200. The van der Waals surface area contributed by atoms with Crippen LogP contribution in [0.4, 0.5) is 5.69 Å². The number of benzene rings is 2. The van der Waals surface area contributed by atoms with Crippen LogP contribution in [0.15, 0.2) is 70.9 Å². The first-order chi connectivity index (χ1) is 15.0. The number of methoxy groups -OCH3 is 1. The van der Waals surface area contributed by atoms with Gasteiger partial charge < -0.3 is 14.3 Å². The second kappa shape index (κ2) is 8.14. The van der Waals surface area contributed by atoms with Crippen LogP contribution >= 0.6 is 0 Å². The van der Waals surface area contributed by atoms with Crippen LogP contribution in [0, 0.1) is 6.92 Å². The molecule has 0 radical (unpaired) electrons. The number of hydrogen-bond donors (Lipinski definition) is 1. The van der Waals surface area contributed by atoms with Gasteiger partial charge in [0.05, 0.1) is 18.9 Å². The number of ether oxygens (including phenoxy) is 1. The number of amides is 1. The van der Waals surface area contributed by atoms with E-state index >= 15 is 0 Å². The number of carbonyl (C=O) groups excluding carboxylic acids is 2. The van der Waals surface area contributed by atoms with Crippen molar-refractivity contribution in [3.8, 4) is 5.75 Å². The molecule has 0 saturated carbocycles. The van der Waals surface area contributed by atoms with Gasteiger partial charge in [0, 0.05) is 11.3 Å². The second-order valence-corrected chi connectivity index (χ2v) is 7.39. The Labute approximate surface area is 180 Å². The van der Waals surface area contributed by atoms with Crippen molar-refractivity contribution in [1.82, 2.24) is 0 Å². The van der Waals surface area contributed by atoms with Crippen LogP contribution in [0.2, 0.25) is 0 Å². The third-order valence-corrected chi connectivity index (χ3v) is 5.55. The Morgan fingerprint density at radius 1 is 1.13 bits per heavy atom. The van der Waals surface area contributed by atoms with Crippen LogP contribution in [-0.4, -0.2) is 23.9 Å². The van der Waals surface area contributed by atoms with E-state index in [-0.39, 0.29) is 11.3 Å². The Balaban J connectivity index is 1.88. The molecule has 0 bridgehead atoms. The number of aryl methyl sites for hydroxylation is 2. The summed E-state index contributed by atoms with van der Waals surface area (Å²) in [5.41, 5.74) is 2.89. The molecule has 4 rings (SSSR count). The largest absolute Gasteiger partial charge is 0.507 e. The summed E-state index contributed by atoms with van der Waals surface area (Å²) in [7, 11) is 1.56. The SMILES string of the molecule is CCc1ccc(N2C(=O)C(=O)/C(=C(\O)c3ccc(OC)c(C)c3)C2c2ccco2)cc1. The predicted octanol–water partition coefficient (Wildman–Crippen LogP) is 4.79. The van der Waals surface area contributed by atoms with E-state index in [4.69, 9.17) is 9.15 Å². The zero-order chi connectivity index (χ0) is 22.1. The topological polar surface area (TPSA) is 80.0 Å². The van der Waals surface area contributed by atoms with Crippen molar-refractivity contribution in [2.24, 2.45) is 0 Å². The lowest BCUT2D eigenvalue weighted by Gasteiger charge is -2.23. The third-order valence-electron chi connectivity index (χ3n) is 5.55. The van der Waals surface area contributed by atoms with E-state index < -0.39 is 17.7 Å². The number of furan rings is 1. The number of nitrogens with zero attached hydrogens (tertiary/aromatic N) is 1. The molecule has 1 fully saturated rings. The van der Waals surface area contributed by atoms with Gasteiger partial charge in [0.25, 0.3) is 11.7 Å². The van der Waals surface area contributed by atoms with E-state index in [0.29, 0.717) is 22.8 Å². The highest BCUT2D eigenvalue weighted by Gasteiger charge is 2.48. The molecule has 1 aliphatic heterocycles. The minimum absolute atomic E-state index is 0.0101. The van der Waals surface area contributed by atoms with Gasteiger partial charge in [-0.1, -0.05) is 19.1 Å². The molecule has 0 spiro atoms. The normalized spacial score (nSPS) is 17.9. The van der Waals surface area contributed by atoms with Gasteiger partial charge in [-0.25, -0.2) is 0 Å². The number of aliphatic hydroxyl groups excluding tert-OH is 1. The Morgan fingerprint density at radius 3 is 2.45 bits per heavy atom. The number of rotatable bonds is 5. The van der Waals surface area contributed by atoms with Crippen molar-refractivity contribution in [3.05, 3.63) is 88.9 Å². The van der Waals surface area contributed by atoms with E-state index in [1.807, 2.05) is 26.0 Å². The van der Waals surface area contributed by atoms with E-state index in [1.165, 1.54) is 11.2 Å². The molecular weight excluding hydrogens is 394 g/mol. The summed E-state index contributed by atoms with van der Waals surface area (Å²) in [6.45, 7) is 3.88. The molecule has 3 aromatic rings. The average Bonchev–Trinajstić information content (AvgIpc) is 3.40. The first-order valence-electron chi connectivity index (χ1n) is 10.0. The maximum absolute atomic E-state index is 13.1. The number of ketones is 1. The van der Waals surface area contributed by atoms with Gasteiger partial charge in [0.2, 0.25) is 0 Å². The molecule has 1 unspecified atom stereocenters. The van der Waals surface area contributed by atoms with Crippen LogP contribution in [0.5, 0.6) is 5.75 Å². The smallest absolute Gasteiger partial charge is 0.300 e. The minimum Gasteiger partial charge on any atom is -0.507 e. The predicted molar refractivity (Wildman–Crippen MR) is 117 cm³/mol. The summed E-state index contributed by atoms with van der Waals surface area (Å²) in [6, 6.07) is 15.0. The maximum atomic E-state index is 13.1. The first kappa shape index (κ1) is 20.5. The molecule has 2 aromatic carbocycles. The Morgan fingerprint density at radius 2 is 1.87 bits per heavy atom. The van der Waals surface area contributed by atoms with Crippen LogP contribution < -0.4 is 9.64 Å². The average molecular weight is 417 g/mol. The van der Waals surface area contributed by atoms with Crippen molar-refractivity contribution >= 4 is 23.1 Å². The summed E-state index contributed by atoms with van der Waals surface area (Å²) in [6.07, 6.45) is 2.34. The highest BCUT2D eigenvalue weighted by atomic mass is 16.5. The third kappa shape index (κ3) is 3.50. The molecule has 6 nitrogen and oxygen atoms in total.